The van der Waals surface area contributed by atoms with Gasteiger partial charge in [-0.3, -0.25) is 47.9 Å². The number of ketones is 3. The van der Waals surface area contributed by atoms with E-state index < -0.39 is 45.8 Å². The van der Waals surface area contributed by atoms with E-state index in [4.69, 9.17) is 16.2 Å². The summed E-state index contributed by atoms with van der Waals surface area (Å²) in [6.07, 6.45) is 11.0. The predicted molar refractivity (Wildman–Crippen MR) is 358 cm³/mol. The van der Waals surface area contributed by atoms with E-state index in [1.165, 1.54) is 0 Å². The molecule has 0 saturated carbocycles. The molecule has 1 rings (SSSR count). The number of hydrogen-bond donors (Lipinski definition) is 10. The number of carbonyl (C=O) groups excluding carboxylic acids is 10. The van der Waals surface area contributed by atoms with Crippen LogP contribution < -0.4 is 54.0 Å². The van der Waals surface area contributed by atoms with Crippen LogP contribution in [0.4, 0.5) is 0 Å². The van der Waals surface area contributed by atoms with Gasteiger partial charge in [0.1, 0.15) is 24.0 Å². The summed E-state index contributed by atoms with van der Waals surface area (Å²) in [6.45, 7) is 28.0. The number of Topliss-reactive ketones (excluding diaryl/α,β-unsaturated/α-hetero) is 3. The van der Waals surface area contributed by atoms with Crippen molar-refractivity contribution in [2.75, 3.05) is 78.5 Å². The zero-order valence-corrected chi connectivity index (χ0v) is 57.8. The number of amides is 6. The van der Waals surface area contributed by atoms with Gasteiger partial charge in [-0.25, -0.2) is 0 Å². The van der Waals surface area contributed by atoms with Crippen molar-refractivity contribution in [2.24, 2.45) is 57.3 Å². The first-order valence-electron chi connectivity index (χ1n) is 33.9. The molecule has 1 aromatic rings. The molecule has 0 heterocycles. The van der Waals surface area contributed by atoms with Crippen molar-refractivity contribution in [3.8, 4) is 0 Å². The van der Waals surface area contributed by atoms with Crippen LogP contribution in [0.1, 0.15) is 217 Å². The van der Waals surface area contributed by atoms with Gasteiger partial charge in [-0.05, 0) is 50.5 Å². The Labute approximate surface area is 541 Å². The minimum atomic E-state index is -1.25. The zero-order valence-electron chi connectivity index (χ0n) is 57.8. The Morgan fingerprint density at radius 3 is 1.30 bits per heavy atom. The Balaban J connectivity index is 0.00000332. The van der Waals surface area contributed by atoms with E-state index in [9.17, 15) is 47.9 Å². The monoisotopic (exact) mass is 1270 g/mol. The fraction of sp³-hybridized carbons (Fsp3) is 0.768. The van der Waals surface area contributed by atoms with Crippen molar-refractivity contribution in [3.05, 3.63) is 35.9 Å². The average Bonchev–Trinajstić information content (AvgIpc) is 2.66. The Bertz CT molecular complexity index is 2240. The summed E-state index contributed by atoms with van der Waals surface area (Å²) >= 11 is 0. The van der Waals surface area contributed by atoms with Crippen LogP contribution in [0.3, 0.4) is 0 Å². The first-order valence-corrected chi connectivity index (χ1v) is 33.9. The van der Waals surface area contributed by atoms with Gasteiger partial charge in [0.25, 0.3) is 0 Å². The number of carbonyl (C=O) groups is 10. The van der Waals surface area contributed by atoms with Gasteiger partial charge in [0, 0.05) is 150 Å². The summed E-state index contributed by atoms with van der Waals surface area (Å²) in [7, 11) is 0. The Morgan fingerprint density at radius 2 is 0.800 bits per heavy atom. The van der Waals surface area contributed by atoms with Crippen LogP contribution in [0.25, 0.3) is 0 Å². The van der Waals surface area contributed by atoms with Gasteiger partial charge in [0.15, 0.2) is 0 Å². The molecule has 0 aliphatic carbocycles. The highest BCUT2D eigenvalue weighted by Crippen LogP contribution is 2.40. The lowest BCUT2D eigenvalue weighted by atomic mass is 9.67. The lowest BCUT2D eigenvalue weighted by Crippen LogP contribution is -2.44. The molecule has 0 bridgehead atoms. The maximum absolute atomic E-state index is 15.0. The van der Waals surface area contributed by atoms with Crippen molar-refractivity contribution in [1.82, 2.24) is 42.5 Å². The number of nitrogens with two attached hydrogens (primary N) is 2. The molecule has 5 unspecified atom stereocenters. The highest BCUT2D eigenvalue weighted by Gasteiger charge is 2.44. The number of ether oxygens (including phenoxy) is 1. The second-order valence-electron chi connectivity index (χ2n) is 26.3. The van der Waals surface area contributed by atoms with Gasteiger partial charge in [-0.15, -0.1) is 0 Å². The Morgan fingerprint density at radius 1 is 0.411 bits per heavy atom. The molecule has 21 nitrogen and oxygen atoms in total. The molecule has 0 saturated heterocycles. The zero-order chi connectivity index (χ0) is 68.0. The van der Waals surface area contributed by atoms with Gasteiger partial charge in [-0.1, -0.05) is 165 Å². The van der Waals surface area contributed by atoms with E-state index in [0.29, 0.717) is 72.0 Å². The Hall–Kier alpha value is -5.64. The number of nitrogens with one attached hydrogen (secondary N) is 8. The minimum absolute atomic E-state index is 0.0271. The van der Waals surface area contributed by atoms with Gasteiger partial charge in [-0.2, -0.15) is 0 Å². The molecule has 0 fully saturated rings. The van der Waals surface area contributed by atoms with Gasteiger partial charge in [0.05, 0.1) is 6.42 Å². The lowest BCUT2D eigenvalue weighted by Gasteiger charge is -2.35. The summed E-state index contributed by atoms with van der Waals surface area (Å²) in [5.74, 6) is -6.50. The topological polar surface area (TPSA) is 328 Å². The van der Waals surface area contributed by atoms with Crippen LogP contribution in [0, 0.1) is 45.8 Å². The molecule has 5 atom stereocenters. The molecule has 0 aliphatic rings. The normalized spacial score (nSPS) is 13.2. The summed E-state index contributed by atoms with van der Waals surface area (Å²) in [5, 5.41) is 23.7. The maximum atomic E-state index is 15.0. The number of unbranched alkanes of at least 4 members (excludes halogenated alkanes) is 8. The number of rotatable bonds is 52. The van der Waals surface area contributed by atoms with Crippen molar-refractivity contribution in [1.29, 1.82) is 0 Å². The van der Waals surface area contributed by atoms with E-state index >= 15 is 0 Å². The number of benzene rings is 1. The van der Waals surface area contributed by atoms with Crippen molar-refractivity contribution < 1.29 is 52.7 Å². The van der Waals surface area contributed by atoms with Crippen LogP contribution in [0.5, 0.6) is 0 Å². The molecular formula is C69H124N10O11. The first kappa shape index (κ1) is 84.4. The smallest absolute Gasteiger partial charge is 0.306 e. The third-order valence-corrected chi connectivity index (χ3v) is 16.2. The van der Waals surface area contributed by atoms with Crippen molar-refractivity contribution in [2.45, 2.75) is 218 Å². The van der Waals surface area contributed by atoms with E-state index in [0.717, 1.165) is 82.6 Å². The lowest BCUT2D eigenvalue weighted by molar-refractivity contribution is -0.147. The molecule has 6 amide bonds. The third-order valence-electron chi connectivity index (χ3n) is 16.2. The summed E-state index contributed by atoms with van der Waals surface area (Å²) in [6, 6.07) is 9.50. The summed E-state index contributed by atoms with van der Waals surface area (Å²) in [5.41, 5.74) is 8.64. The molecule has 0 radical (unpaired) electrons. The second-order valence-corrected chi connectivity index (χ2v) is 26.3. The predicted octanol–water partition coefficient (Wildman–Crippen LogP) is 7.30. The summed E-state index contributed by atoms with van der Waals surface area (Å²) < 4.78 is 5.16. The quantitative estimate of drug-likeness (QED) is 0.0226. The van der Waals surface area contributed by atoms with Crippen molar-refractivity contribution in [3.63, 3.8) is 0 Å². The van der Waals surface area contributed by atoms with Crippen LogP contribution in [0.2, 0.25) is 0 Å². The first-order chi connectivity index (χ1) is 42.7. The Kier molecular flexibility index (Phi) is 46.0. The van der Waals surface area contributed by atoms with Crippen LogP contribution in [-0.4, -0.2) is 137 Å². The highest BCUT2D eigenvalue weighted by molar-refractivity contribution is 5.95. The molecule has 516 valence electrons. The van der Waals surface area contributed by atoms with E-state index in [-0.39, 0.29) is 123 Å². The van der Waals surface area contributed by atoms with Gasteiger partial charge >= 0.3 is 5.97 Å². The van der Waals surface area contributed by atoms with E-state index in [2.05, 4.69) is 63.3 Å². The molecule has 1 aromatic carbocycles. The molecule has 0 spiro atoms. The second kappa shape index (κ2) is 49.1. The van der Waals surface area contributed by atoms with Crippen LogP contribution in [0.15, 0.2) is 30.3 Å². The largest absolute Gasteiger partial charge is 0.461 e. The SMILES string of the molecule is CCCCCCNC(=O)CC(CC(C)(C)C(=O)CC(C)C(=O)NCCCCCC)C(=O)C(C)(C)CC(CC(=O)C(C)(C)CC(CC(=O)NCCNCCN)C(=O)NCCCC)C(=O)NCCNCCN.CCCCNC(=O)C(C)CC(=O)OCc1ccccc1. The molecule has 90 heavy (non-hydrogen) atoms. The molecular weight excluding hydrogens is 1140 g/mol. The maximum Gasteiger partial charge on any atom is 0.306 e. The van der Waals surface area contributed by atoms with Crippen molar-refractivity contribution >= 4 is 58.8 Å². The van der Waals surface area contributed by atoms with E-state index in [1.54, 1.807) is 55.4 Å². The fourth-order valence-corrected chi connectivity index (χ4v) is 10.4. The number of hydrogen-bond acceptors (Lipinski definition) is 15. The summed E-state index contributed by atoms with van der Waals surface area (Å²) in [4.78, 5) is 134. The highest BCUT2D eigenvalue weighted by atomic mass is 16.5. The average molecular weight is 1270 g/mol. The van der Waals surface area contributed by atoms with E-state index in [1.807, 2.05) is 37.3 Å². The van der Waals surface area contributed by atoms with Crippen LogP contribution in [-0.2, 0) is 59.3 Å². The fourth-order valence-electron chi connectivity index (χ4n) is 10.4. The molecule has 21 heteroatoms. The van der Waals surface area contributed by atoms with Gasteiger partial charge < -0.3 is 58.7 Å². The molecule has 0 aliphatic heterocycles. The van der Waals surface area contributed by atoms with Crippen LogP contribution >= 0.6 is 0 Å². The standard InChI is InChI=1S/C53H101N9O8.C16H23NO3/c1-11-14-17-19-24-58-45(65)34-40(36-51(5,6)43(63)32-39(4)48(68)60-25-20-18-15-12-2)47(67)53(9,10)38-41(49(69)62-31-29-57-27-22-55)33-44(64)52(7,8)37-42(50(70)61-23-16-13-3)35-46(66)59-30-28-56-26-21-54;1-3-4-10-17-16(19)13(2)11-15(18)20-12-14-8-6-5-7-9-14/h39-42,56-57H,11-38,54-55H2,1-10H3,(H,58,65)(H,59,66)(H,60,68)(H,61,70)(H,62,69);5-9,13H,3-4,10-12H2,1-2H3,(H,17,19). The van der Waals surface area contributed by atoms with Gasteiger partial charge in [0.2, 0.25) is 35.4 Å². The molecule has 12 N–H and O–H groups in total. The minimum Gasteiger partial charge on any atom is -0.461 e. The number of esters is 1. The molecule has 0 aromatic heterocycles. The third kappa shape index (κ3) is 38.9.